The number of hydrogen-bond acceptors (Lipinski definition) is 7. The van der Waals surface area contributed by atoms with E-state index >= 15 is 0 Å². The molecular formula is C16H19N3O5S. The highest BCUT2D eigenvalue weighted by Gasteiger charge is 2.45. The second-order valence-corrected chi connectivity index (χ2v) is 6.12. The van der Waals surface area contributed by atoms with Gasteiger partial charge in [-0.05, 0) is 5.56 Å². The molecule has 1 aromatic heterocycles. The van der Waals surface area contributed by atoms with Gasteiger partial charge >= 0.3 is 0 Å². The molecule has 0 aliphatic carbocycles. The topological polar surface area (TPSA) is 123 Å². The van der Waals surface area contributed by atoms with Crippen LogP contribution in [0, 0.1) is 0 Å². The third-order valence-corrected chi connectivity index (χ3v) is 4.21. The highest BCUT2D eigenvalue weighted by molar-refractivity contribution is 7.80. The summed E-state index contributed by atoms with van der Waals surface area (Å²) < 4.78 is 12.6. The average molecular weight is 365 g/mol. The molecule has 1 aliphatic heterocycles. The Hall–Kier alpha value is -2.04. The van der Waals surface area contributed by atoms with E-state index in [1.165, 1.54) is 10.9 Å². The summed E-state index contributed by atoms with van der Waals surface area (Å²) in [5.41, 5.74) is 7.03. The summed E-state index contributed by atoms with van der Waals surface area (Å²) in [5.74, 6) is 0.228. The van der Waals surface area contributed by atoms with Crippen molar-refractivity contribution in [2.24, 2.45) is 5.73 Å². The van der Waals surface area contributed by atoms with E-state index in [2.05, 4.69) is 5.10 Å². The number of ether oxygens (including phenoxy) is 2. The predicted molar refractivity (Wildman–Crippen MR) is 91.9 cm³/mol. The minimum absolute atomic E-state index is 0.0843. The summed E-state index contributed by atoms with van der Waals surface area (Å²) in [6.07, 6.45) is -3.05. The van der Waals surface area contributed by atoms with Gasteiger partial charge in [-0.1, -0.05) is 42.5 Å². The first kappa shape index (κ1) is 17.8. The molecule has 9 heteroatoms. The quantitative estimate of drug-likeness (QED) is 0.515. The van der Waals surface area contributed by atoms with E-state index in [1.54, 1.807) is 0 Å². The molecule has 0 bridgehead atoms. The van der Waals surface area contributed by atoms with Crippen LogP contribution in [0.4, 0.5) is 0 Å². The number of hydrogen-bond donors (Lipinski definition) is 4. The van der Waals surface area contributed by atoms with Gasteiger partial charge in [0.15, 0.2) is 6.23 Å². The highest BCUT2D eigenvalue weighted by atomic mass is 32.1. The van der Waals surface area contributed by atoms with Crippen molar-refractivity contribution in [3.05, 3.63) is 47.7 Å². The van der Waals surface area contributed by atoms with E-state index in [0.29, 0.717) is 5.56 Å². The summed E-state index contributed by atoms with van der Waals surface area (Å²) in [6, 6.07) is 9.46. The molecule has 5 N–H and O–H groups in total. The van der Waals surface area contributed by atoms with Crippen LogP contribution in [-0.4, -0.2) is 55.0 Å². The number of nitrogens with two attached hydrogens (primary N) is 1. The van der Waals surface area contributed by atoms with Gasteiger partial charge in [-0.15, -0.1) is 0 Å². The molecular weight excluding hydrogens is 346 g/mol. The predicted octanol–water partition coefficient (Wildman–Crippen LogP) is -0.292. The monoisotopic (exact) mass is 365 g/mol. The first-order chi connectivity index (χ1) is 12.0. The molecule has 0 saturated carbocycles. The van der Waals surface area contributed by atoms with Crippen LogP contribution >= 0.6 is 12.2 Å². The Bertz CT molecular complexity index is 739. The second kappa shape index (κ2) is 7.46. The van der Waals surface area contributed by atoms with Crippen molar-refractivity contribution in [3.8, 4) is 5.88 Å². The fraction of sp³-hybridized carbons (Fsp3) is 0.375. The Labute approximate surface area is 149 Å². The van der Waals surface area contributed by atoms with Gasteiger partial charge in [-0.3, -0.25) is 0 Å². The van der Waals surface area contributed by atoms with Gasteiger partial charge in [0, 0.05) is 0 Å². The van der Waals surface area contributed by atoms with E-state index in [-0.39, 0.29) is 17.5 Å². The van der Waals surface area contributed by atoms with Crippen LogP contribution in [0.3, 0.4) is 0 Å². The molecule has 2 heterocycles. The van der Waals surface area contributed by atoms with Gasteiger partial charge in [0.2, 0.25) is 5.88 Å². The summed E-state index contributed by atoms with van der Waals surface area (Å²) in [4.78, 5) is 0.0843. The Morgan fingerprint density at radius 2 is 2.00 bits per heavy atom. The Balaban J connectivity index is 1.88. The van der Waals surface area contributed by atoms with E-state index in [1.807, 2.05) is 30.3 Å². The van der Waals surface area contributed by atoms with Crippen molar-refractivity contribution in [1.29, 1.82) is 0 Å². The van der Waals surface area contributed by atoms with Crippen LogP contribution in [-0.2, 0) is 11.3 Å². The fourth-order valence-corrected chi connectivity index (χ4v) is 2.79. The van der Waals surface area contributed by atoms with Crippen molar-refractivity contribution in [3.63, 3.8) is 0 Å². The maximum absolute atomic E-state index is 10.2. The van der Waals surface area contributed by atoms with Gasteiger partial charge < -0.3 is 30.5 Å². The number of thiocarbonyl (C=S) groups is 1. The molecule has 1 fully saturated rings. The van der Waals surface area contributed by atoms with Crippen LogP contribution in [0.2, 0.25) is 0 Å². The molecule has 2 aromatic rings. The van der Waals surface area contributed by atoms with Crippen LogP contribution in [0.15, 0.2) is 36.5 Å². The lowest BCUT2D eigenvalue weighted by Crippen LogP contribution is -2.33. The SMILES string of the molecule is NC(=S)c1cnn([C@@H]2O[C@H](CO)[C@@H](O)[C@H]2O)c1OCc1ccccc1. The molecule has 1 aromatic carbocycles. The number of nitrogens with zero attached hydrogens (tertiary/aromatic N) is 2. The second-order valence-electron chi connectivity index (χ2n) is 5.68. The van der Waals surface area contributed by atoms with Gasteiger partial charge in [0.1, 0.15) is 29.9 Å². The van der Waals surface area contributed by atoms with Gasteiger partial charge in [0.05, 0.1) is 18.4 Å². The molecule has 0 radical (unpaired) electrons. The summed E-state index contributed by atoms with van der Waals surface area (Å²) in [6.45, 7) is -0.199. The molecule has 0 spiro atoms. The summed E-state index contributed by atoms with van der Waals surface area (Å²) in [5, 5.41) is 33.5. The number of aliphatic hydroxyl groups excluding tert-OH is 3. The maximum atomic E-state index is 10.2. The number of aliphatic hydroxyl groups is 3. The number of aromatic nitrogens is 2. The minimum atomic E-state index is -1.28. The van der Waals surface area contributed by atoms with Crippen molar-refractivity contribution in [2.75, 3.05) is 6.61 Å². The third-order valence-electron chi connectivity index (χ3n) is 3.99. The van der Waals surface area contributed by atoms with Crippen molar-refractivity contribution in [1.82, 2.24) is 9.78 Å². The summed E-state index contributed by atoms with van der Waals surface area (Å²) in [7, 11) is 0. The van der Waals surface area contributed by atoms with Crippen molar-refractivity contribution >= 4 is 17.2 Å². The largest absolute Gasteiger partial charge is 0.472 e. The van der Waals surface area contributed by atoms with Crippen LogP contribution < -0.4 is 10.5 Å². The maximum Gasteiger partial charge on any atom is 0.225 e. The lowest BCUT2D eigenvalue weighted by molar-refractivity contribution is -0.0622. The lowest BCUT2D eigenvalue weighted by Gasteiger charge is -2.18. The molecule has 0 unspecified atom stereocenters. The molecule has 4 atom stereocenters. The van der Waals surface area contributed by atoms with Crippen molar-refractivity contribution < 1.29 is 24.8 Å². The van der Waals surface area contributed by atoms with E-state index < -0.39 is 31.1 Å². The van der Waals surface area contributed by atoms with Gasteiger partial charge in [0.25, 0.3) is 0 Å². The number of rotatable bonds is 6. The van der Waals surface area contributed by atoms with E-state index in [9.17, 15) is 15.3 Å². The number of benzene rings is 1. The zero-order chi connectivity index (χ0) is 18.0. The average Bonchev–Trinajstić information content (AvgIpc) is 3.16. The molecule has 8 nitrogen and oxygen atoms in total. The Morgan fingerprint density at radius 1 is 1.28 bits per heavy atom. The standard InChI is InChI=1S/C16H19N3O5S/c17-14(25)10-6-18-19(16-13(22)12(21)11(7-20)24-16)15(10)23-8-9-4-2-1-3-5-9/h1-6,11-13,16,20-22H,7-8H2,(H2,17,25)/t11-,12-,13-,16-/m1/s1. The van der Waals surface area contributed by atoms with Crippen LogP contribution in [0.5, 0.6) is 5.88 Å². The first-order valence-corrected chi connectivity index (χ1v) is 8.10. The van der Waals surface area contributed by atoms with Gasteiger partial charge in [-0.2, -0.15) is 5.10 Å². The Morgan fingerprint density at radius 3 is 2.60 bits per heavy atom. The molecule has 25 heavy (non-hydrogen) atoms. The summed E-state index contributed by atoms with van der Waals surface area (Å²) >= 11 is 5.02. The van der Waals surface area contributed by atoms with Crippen LogP contribution in [0.1, 0.15) is 17.4 Å². The minimum Gasteiger partial charge on any atom is -0.472 e. The van der Waals surface area contributed by atoms with Crippen LogP contribution in [0.25, 0.3) is 0 Å². The lowest BCUT2D eigenvalue weighted by atomic mass is 10.1. The molecule has 3 rings (SSSR count). The van der Waals surface area contributed by atoms with Gasteiger partial charge in [-0.25, -0.2) is 4.68 Å². The molecule has 134 valence electrons. The zero-order valence-corrected chi connectivity index (χ0v) is 14.0. The zero-order valence-electron chi connectivity index (χ0n) is 13.2. The molecule has 1 saturated heterocycles. The fourth-order valence-electron chi connectivity index (χ4n) is 2.65. The normalized spacial score (nSPS) is 25.9. The smallest absolute Gasteiger partial charge is 0.225 e. The van der Waals surface area contributed by atoms with Crippen molar-refractivity contribution in [2.45, 2.75) is 31.1 Å². The molecule has 1 aliphatic rings. The third kappa shape index (κ3) is 3.51. The van der Waals surface area contributed by atoms with E-state index in [0.717, 1.165) is 5.56 Å². The first-order valence-electron chi connectivity index (χ1n) is 7.69. The highest BCUT2D eigenvalue weighted by Crippen LogP contribution is 2.33. The Kier molecular flexibility index (Phi) is 5.30. The van der Waals surface area contributed by atoms with E-state index in [4.69, 9.17) is 27.4 Å². The molecule has 0 amide bonds.